The van der Waals surface area contributed by atoms with Crippen LogP contribution in [-0.4, -0.2) is 53.7 Å². The van der Waals surface area contributed by atoms with E-state index in [1.807, 2.05) is 0 Å². The second-order valence-corrected chi connectivity index (χ2v) is 9.09. The molecule has 4 heterocycles. The van der Waals surface area contributed by atoms with Crippen LogP contribution in [0.5, 0.6) is 0 Å². The Balaban J connectivity index is 1.59. The summed E-state index contributed by atoms with van der Waals surface area (Å²) < 4.78 is 68.4. The van der Waals surface area contributed by atoms with Crippen molar-refractivity contribution in [2.24, 2.45) is 5.92 Å². The summed E-state index contributed by atoms with van der Waals surface area (Å²) in [7, 11) is 0. The van der Waals surface area contributed by atoms with Gasteiger partial charge in [0.05, 0.1) is 6.54 Å². The van der Waals surface area contributed by atoms with E-state index in [1.54, 1.807) is 6.92 Å². The molecular weight excluding hydrogens is 473 g/mol. The van der Waals surface area contributed by atoms with Gasteiger partial charge in [0.2, 0.25) is 11.5 Å². The predicted molar refractivity (Wildman–Crippen MR) is 121 cm³/mol. The van der Waals surface area contributed by atoms with Crippen LogP contribution < -0.4 is 21.1 Å². The minimum Gasteiger partial charge on any atom is -0.346 e. The van der Waals surface area contributed by atoms with Crippen LogP contribution in [0.4, 0.5) is 33.6 Å². The van der Waals surface area contributed by atoms with Crippen molar-refractivity contribution >= 4 is 17.5 Å². The molecule has 2 aromatic rings. The second kappa shape index (κ2) is 9.56. The fourth-order valence-electron chi connectivity index (χ4n) is 4.65. The summed E-state index contributed by atoms with van der Waals surface area (Å²) >= 11 is 0. The molecule has 190 valence electrons. The van der Waals surface area contributed by atoms with E-state index in [9.17, 15) is 31.5 Å². The molecule has 2 aromatic heterocycles. The number of pyridine rings is 2. The third kappa shape index (κ3) is 5.63. The van der Waals surface area contributed by atoms with Crippen LogP contribution in [-0.2, 0) is 4.79 Å². The average molecular weight is 499 g/mol. The molecule has 0 radical (unpaired) electrons. The Hall–Kier alpha value is -3.02. The number of halogens is 5. The highest BCUT2D eigenvalue weighted by Crippen LogP contribution is 2.36. The molecule has 2 fully saturated rings. The van der Waals surface area contributed by atoms with Crippen molar-refractivity contribution in [2.75, 3.05) is 29.9 Å². The molecule has 12 heteroatoms. The first kappa shape index (κ1) is 25.1. The topological polar surface area (TPSA) is 90.1 Å². The fraction of sp³-hybridized carbons (Fsp3) is 0.522. The summed E-state index contributed by atoms with van der Waals surface area (Å²) in [6.45, 7) is 1.41. The first-order chi connectivity index (χ1) is 16.4. The van der Waals surface area contributed by atoms with Gasteiger partial charge in [-0.05, 0) is 55.0 Å². The highest BCUT2D eigenvalue weighted by Gasteiger charge is 2.45. The molecule has 0 bridgehead atoms. The van der Waals surface area contributed by atoms with Crippen molar-refractivity contribution in [3.63, 3.8) is 0 Å². The van der Waals surface area contributed by atoms with Gasteiger partial charge in [0.15, 0.2) is 0 Å². The van der Waals surface area contributed by atoms with E-state index in [0.29, 0.717) is 29.5 Å². The van der Waals surface area contributed by atoms with Gasteiger partial charge in [-0.15, -0.1) is 0 Å². The molecule has 3 N–H and O–H groups in total. The maximum absolute atomic E-state index is 13.8. The quantitative estimate of drug-likeness (QED) is 0.544. The third-order valence-electron chi connectivity index (χ3n) is 6.48. The van der Waals surface area contributed by atoms with E-state index in [2.05, 4.69) is 20.6 Å². The molecule has 4 rings (SSSR count). The normalized spacial score (nSPS) is 22.3. The molecule has 0 aliphatic carbocycles. The van der Waals surface area contributed by atoms with Gasteiger partial charge in [0.1, 0.15) is 17.7 Å². The molecule has 0 spiro atoms. The number of aryl methyl sites for hydroxylation is 1. The Kier molecular flexibility index (Phi) is 6.85. The molecule has 7 nitrogen and oxygen atoms in total. The van der Waals surface area contributed by atoms with Crippen molar-refractivity contribution in [2.45, 2.75) is 50.7 Å². The number of hydrogen-bond donors (Lipinski definition) is 3. The zero-order valence-corrected chi connectivity index (χ0v) is 19.0. The molecule has 0 saturated carbocycles. The average Bonchev–Trinajstić information content (AvgIpc) is 3.11. The van der Waals surface area contributed by atoms with Gasteiger partial charge in [-0.2, -0.15) is 13.2 Å². The first-order valence-electron chi connectivity index (χ1n) is 11.4. The lowest BCUT2D eigenvalue weighted by atomic mass is 9.99. The van der Waals surface area contributed by atoms with E-state index in [0.717, 1.165) is 0 Å². The van der Waals surface area contributed by atoms with Crippen LogP contribution in [0.2, 0.25) is 0 Å². The van der Waals surface area contributed by atoms with Crippen molar-refractivity contribution < 1.29 is 26.7 Å². The summed E-state index contributed by atoms with van der Waals surface area (Å²) in [5.41, 5.74) is 0.895. The fourth-order valence-corrected chi connectivity index (χ4v) is 4.65. The third-order valence-corrected chi connectivity index (χ3v) is 6.48. The largest absolute Gasteiger partial charge is 0.408 e. The maximum atomic E-state index is 13.8. The number of anilines is 2. The van der Waals surface area contributed by atoms with E-state index in [-0.39, 0.29) is 31.1 Å². The lowest BCUT2D eigenvalue weighted by Gasteiger charge is -2.38. The Morgan fingerprint density at radius 3 is 2.71 bits per heavy atom. The Morgan fingerprint density at radius 1 is 1.26 bits per heavy atom. The van der Waals surface area contributed by atoms with Gasteiger partial charge in [-0.25, -0.2) is 13.8 Å². The van der Waals surface area contributed by atoms with Gasteiger partial charge in [-0.3, -0.25) is 9.59 Å². The molecule has 0 aromatic carbocycles. The molecular formula is C23H26F5N5O2. The smallest absolute Gasteiger partial charge is 0.346 e. The summed E-state index contributed by atoms with van der Waals surface area (Å²) in [5.74, 6) is -4.58. The maximum Gasteiger partial charge on any atom is 0.408 e. The van der Waals surface area contributed by atoms with Crippen molar-refractivity contribution in [3.05, 3.63) is 40.3 Å². The van der Waals surface area contributed by atoms with Gasteiger partial charge >= 0.3 is 6.18 Å². The number of hydrogen-bond acceptors (Lipinski definition) is 5. The number of amides is 1. The van der Waals surface area contributed by atoms with Gasteiger partial charge in [0.25, 0.3) is 5.92 Å². The van der Waals surface area contributed by atoms with Crippen LogP contribution in [0, 0.1) is 12.8 Å². The highest BCUT2D eigenvalue weighted by atomic mass is 19.4. The van der Waals surface area contributed by atoms with Crippen LogP contribution in [0.3, 0.4) is 0 Å². The standard InChI is InChI=1S/C23H26F5N5O2/c1-13-10-30-18(31-21(35)8-15-11-29-12-22(15,24)25)9-16(13)14-6-19(32-20(34)7-14)33-5-3-2-4-17(33)23(26,27)28/h6-7,9-10,15,17,29H,2-5,8,11-12H2,1H3,(H,32,34)(H,30,31,35)/t15?,17-/m1/s1. The minimum atomic E-state index is -4.44. The Morgan fingerprint density at radius 2 is 2.03 bits per heavy atom. The molecule has 2 aliphatic rings. The number of rotatable bonds is 5. The van der Waals surface area contributed by atoms with Crippen LogP contribution in [0.25, 0.3) is 11.1 Å². The number of piperidine rings is 1. The summed E-state index contributed by atoms with van der Waals surface area (Å²) in [6.07, 6.45) is -2.44. The van der Waals surface area contributed by atoms with E-state index in [4.69, 9.17) is 0 Å². The number of aromatic amines is 1. The molecule has 2 aliphatic heterocycles. The zero-order valence-electron chi connectivity index (χ0n) is 19.0. The van der Waals surface area contributed by atoms with Crippen LogP contribution in [0.1, 0.15) is 31.2 Å². The first-order valence-corrected chi connectivity index (χ1v) is 11.4. The molecule has 2 atom stereocenters. The van der Waals surface area contributed by atoms with E-state index >= 15 is 0 Å². The van der Waals surface area contributed by atoms with Crippen molar-refractivity contribution in [3.8, 4) is 11.1 Å². The van der Waals surface area contributed by atoms with Crippen LogP contribution >= 0.6 is 0 Å². The number of carbonyl (C=O) groups excluding carboxylic acids is 1. The second-order valence-electron chi connectivity index (χ2n) is 9.09. The number of carbonyl (C=O) groups is 1. The summed E-state index contributed by atoms with van der Waals surface area (Å²) in [4.78, 5) is 32.5. The summed E-state index contributed by atoms with van der Waals surface area (Å²) in [6, 6.07) is 2.52. The molecule has 1 amide bonds. The molecule has 1 unspecified atom stereocenters. The van der Waals surface area contributed by atoms with Gasteiger partial charge < -0.3 is 20.5 Å². The van der Waals surface area contributed by atoms with Gasteiger partial charge in [0, 0.05) is 37.7 Å². The van der Waals surface area contributed by atoms with E-state index in [1.165, 1.54) is 29.3 Å². The Bertz CT molecular complexity index is 1150. The van der Waals surface area contributed by atoms with Crippen LogP contribution in [0.15, 0.2) is 29.2 Å². The lowest BCUT2D eigenvalue weighted by Crippen LogP contribution is -2.49. The van der Waals surface area contributed by atoms with Crippen molar-refractivity contribution in [1.29, 1.82) is 0 Å². The summed E-state index contributed by atoms with van der Waals surface area (Å²) in [5, 5.41) is 5.07. The van der Waals surface area contributed by atoms with E-state index < -0.39 is 48.5 Å². The molecule has 2 saturated heterocycles. The highest BCUT2D eigenvalue weighted by molar-refractivity contribution is 5.91. The number of H-pyrrole nitrogens is 1. The minimum absolute atomic E-state index is 0.0258. The van der Waals surface area contributed by atoms with Gasteiger partial charge in [-0.1, -0.05) is 0 Å². The number of nitrogens with zero attached hydrogens (tertiary/aromatic N) is 2. The zero-order chi connectivity index (χ0) is 25.4. The molecule has 35 heavy (non-hydrogen) atoms. The number of alkyl halides is 5. The predicted octanol–water partition coefficient (Wildman–Crippen LogP) is 3.85. The number of aromatic nitrogens is 2. The SMILES string of the molecule is Cc1cnc(NC(=O)CC2CNCC2(F)F)cc1-c1cc(N2CCCC[C@@H]2C(F)(F)F)[nH]c(=O)c1. The lowest BCUT2D eigenvalue weighted by molar-refractivity contribution is -0.152. The monoisotopic (exact) mass is 499 g/mol. The number of nitrogens with one attached hydrogen (secondary N) is 3. The van der Waals surface area contributed by atoms with Crippen molar-refractivity contribution in [1.82, 2.24) is 15.3 Å². The Labute approximate surface area is 198 Å².